The molecule has 2 aromatic rings. The third-order valence-electron chi connectivity index (χ3n) is 4.10. The summed E-state index contributed by atoms with van der Waals surface area (Å²) in [7, 11) is 0. The molecule has 1 aliphatic rings. The summed E-state index contributed by atoms with van der Waals surface area (Å²) in [6, 6.07) is 7.70. The Hall–Kier alpha value is -1.39. The average molecular weight is 292 g/mol. The van der Waals surface area contributed by atoms with E-state index in [0.717, 1.165) is 31.2 Å². The van der Waals surface area contributed by atoms with Crippen molar-refractivity contribution in [2.24, 2.45) is 5.73 Å². The van der Waals surface area contributed by atoms with Gasteiger partial charge in [0.05, 0.1) is 11.5 Å². The van der Waals surface area contributed by atoms with Crippen molar-refractivity contribution in [3.8, 4) is 0 Å². The molecule has 0 bridgehead atoms. The predicted octanol–water partition coefficient (Wildman–Crippen LogP) is 3.60. The normalized spacial score (nSPS) is 19.1. The van der Waals surface area contributed by atoms with E-state index in [9.17, 15) is 0 Å². The minimum Gasteiger partial charge on any atom is -0.339 e. The van der Waals surface area contributed by atoms with Gasteiger partial charge in [-0.1, -0.05) is 41.7 Å². The van der Waals surface area contributed by atoms with Gasteiger partial charge in [-0.15, -0.1) is 0 Å². The first-order chi connectivity index (χ1) is 9.58. The number of rotatable bonds is 3. The number of halogens is 1. The molecule has 0 amide bonds. The third kappa shape index (κ3) is 2.45. The molecule has 1 heterocycles. The van der Waals surface area contributed by atoms with Gasteiger partial charge in [0.15, 0.2) is 5.82 Å². The highest BCUT2D eigenvalue weighted by Crippen LogP contribution is 2.35. The second-order valence-electron chi connectivity index (χ2n) is 5.60. The van der Waals surface area contributed by atoms with Crippen molar-refractivity contribution in [1.29, 1.82) is 0 Å². The van der Waals surface area contributed by atoms with Gasteiger partial charge >= 0.3 is 0 Å². The molecule has 1 saturated carbocycles. The summed E-state index contributed by atoms with van der Waals surface area (Å²) in [5, 5.41) is 4.80. The van der Waals surface area contributed by atoms with E-state index in [0.29, 0.717) is 16.7 Å². The fraction of sp³-hybridized carbons (Fsp3) is 0.467. The molecule has 20 heavy (non-hydrogen) atoms. The lowest BCUT2D eigenvalue weighted by Crippen LogP contribution is -2.34. The summed E-state index contributed by atoms with van der Waals surface area (Å²) in [4.78, 5) is 4.52. The van der Waals surface area contributed by atoms with Crippen LogP contribution in [0.25, 0.3) is 0 Å². The molecule has 0 saturated heterocycles. The van der Waals surface area contributed by atoms with Crippen molar-refractivity contribution in [2.45, 2.75) is 44.1 Å². The zero-order chi connectivity index (χ0) is 14.2. The largest absolute Gasteiger partial charge is 0.339 e. The smallest absolute Gasteiger partial charge is 0.233 e. The van der Waals surface area contributed by atoms with E-state index in [2.05, 4.69) is 10.1 Å². The highest BCUT2D eigenvalue weighted by atomic mass is 35.5. The first-order valence-corrected chi connectivity index (χ1v) is 7.35. The fourth-order valence-corrected chi connectivity index (χ4v) is 2.96. The van der Waals surface area contributed by atoms with E-state index in [1.165, 1.54) is 0 Å². The second kappa shape index (κ2) is 5.19. The lowest BCUT2D eigenvalue weighted by atomic mass is 9.98. The maximum atomic E-state index is 6.35. The molecule has 1 unspecified atom stereocenters. The molecular formula is C15H18ClN3O. The molecule has 5 heteroatoms. The van der Waals surface area contributed by atoms with Crippen LogP contribution in [0.5, 0.6) is 0 Å². The molecular weight excluding hydrogens is 274 g/mol. The highest BCUT2D eigenvalue weighted by Gasteiger charge is 2.36. The number of nitrogens with two attached hydrogens (primary N) is 1. The number of benzene rings is 1. The van der Waals surface area contributed by atoms with Gasteiger partial charge in [0.1, 0.15) is 0 Å². The van der Waals surface area contributed by atoms with E-state index >= 15 is 0 Å². The Labute approximate surface area is 123 Å². The molecule has 0 radical (unpaired) electrons. The zero-order valence-electron chi connectivity index (χ0n) is 11.5. The summed E-state index contributed by atoms with van der Waals surface area (Å²) >= 11 is 6.02. The SMILES string of the molecule is CC(c1cccc(Cl)c1)c1nc(C2(N)CCCC2)no1. The lowest BCUT2D eigenvalue weighted by Gasteiger charge is -2.17. The van der Waals surface area contributed by atoms with E-state index < -0.39 is 5.54 Å². The van der Waals surface area contributed by atoms with E-state index in [-0.39, 0.29) is 5.92 Å². The lowest BCUT2D eigenvalue weighted by molar-refractivity contribution is 0.344. The predicted molar refractivity (Wildman–Crippen MR) is 77.6 cm³/mol. The highest BCUT2D eigenvalue weighted by molar-refractivity contribution is 6.30. The number of hydrogen-bond donors (Lipinski definition) is 1. The molecule has 4 nitrogen and oxygen atoms in total. The topological polar surface area (TPSA) is 64.9 Å². The Morgan fingerprint density at radius 3 is 2.80 bits per heavy atom. The summed E-state index contributed by atoms with van der Waals surface area (Å²) in [5.74, 6) is 1.25. The molecule has 2 N–H and O–H groups in total. The van der Waals surface area contributed by atoms with E-state index in [4.69, 9.17) is 21.9 Å². The summed E-state index contributed by atoms with van der Waals surface area (Å²) in [6.45, 7) is 2.03. The minimum absolute atomic E-state index is 0.0138. The van der Waals surface area contributed by atoms with Crippen molar-refractivity contribution >= 4 is 11.6 Å². The monoisotopic (exact) mass is 291 g/mol. The summed E-state index contributed by atoms with van der Waals surface area (Å²) in [6.07, 6.45) is 4.11. The van der Waals surface area contributed by atoms with Crippen LogP contribution in [0.1, 0.15) is 55.8 Å². The van der Waals surface area contributed by atoms with Gasteiger partial charge < -0.3 is 10.3 Å². The number of aromatic nitrogens is 2. The van der Waals surface area contributed by atoms with Gasteiger partial charge in [-0.05, 0) is 37.5 Å². The summed E-state index contributed by atoms with van der Waals surface area (Å²) < 4.78 is 5.41. The van der Waals surface area contributed by atoms with Gasteiger partial charge in [0.25, 0.3) is 0 Å². The molecule has 1 atom stereocenters. The van der Waals surface area contributed by atoms with Gasteiger partial charge in [-0.25, -0.2) is 0 Å². The van der Waals surface area contributed by atoms with Crippen molar-refractivity contribution in [1.82, 2.24) is 10.1 Å². The molecule has 0 spiro atoms. The van der Waals surface area contributed by atoms with Crippen LogP contribution in [0.4, 0.5) is 0 Å². The Bertz CT molecular complexity index is 605. The van der Waals surface area contributed by atoms with Crippen LogP contribution >= 0.6 is 11.6 Å². The Balaban J connectivity index is 1.86. The van der Waals surface area contributed by atoms with Crippen LogP contribution in [-0.2, 0) is 5.54 Å². The Morgan fingerprint density at radius 1 is 1.35 bits per heavy atom. The molecule has 0 aliphatic heterocycles. The van der Waals surface area contributed by atoms with Crippen LogP contribution in [-0.4, -0.2) is 10.1 Å². The van der Waals surface area contributed by atoms with Crippen LogP contribution in [0.15, 0.2) is 28.8 Å². The molecule has 3 rings (SSSR count). The number of hydrogen-bond acceptors (Lipinski definition) is 4. The van der Waals surface area contributed by atoms with Crippen molar-refractivity contribution in [3.05, 3.63) is 46.6 Å². The minimum atomic E-state index is -0.407. The van der Waals surface area contributed by atoms with Gasteiger partial charge in [0, 0.05) is 5.02 Å². The Kier molecular flexibility index (Phi) is 3.52. The van der Waals surface area contributed by atoms with Gasteiger partial charge in [0.2, 0.25) is 5.89 Å². The van der Waals surface area contributed by atoms with E-state index in [1.807, 2.05) is 31.2 Å². The molecule has 1 aliphatic carbocycles. The zero-order valence-corrected chi connectivity index (χ0v) is 12.2. The van der Waals surface area contributed by atoms with E-state index in [1.54, 1.807) is 0 Å². The molecule has 106 valence electrons. The second-order valence-corrected chi connectivity index (χ2v) is 6.03. The third-order valence-corrected chi connectivity index (χ3v) is 4.34. The van der Waals surface area contributed by atoms with Crippen molar-refractivity contribution < 1.29 is 4.52 Å². The van der Waals surface area contributed by atoms with Gasteiger partial charge in [-0.2, -0.15) is 4.98 Å². The standard InChI is InChI=1S/C15H18ClN3O/c1-10(11-5-4-6-12(16)9-11)13-18-14(19-20-13)15(17)7-2-3-8-15/h4-6,9-10H,2-3,7-8,17H2,1H3. The summed E-state index contributed by atoms with van der Waals surface area (Å²) in [5.41, 5.74) is 7.00. The average Bonchev–Trinajstić information content (AvgIpc) is 3.07. The maximum Gasteiger partial charge on any atom is 0.233 e. The maximum absolute atomic E-state index is 6.35. The van der Waals surface area contributed by atoms with Crippen LogP contribution in [0, 0.1) is 0 Å². The first kappa shape index (κ1) is 13.6. The molecule has 1 aromatic heterocycles. The quantitative estimate of drug-likeness (QED) is 0.938. The van der Waals surface area contributed by atoms with Crippen molar-refractivity contribution in [2.75, 3.05) is 0 Å². The van der Waals surface area contributed by atoms with Crippen LogP contribution < -0.4 is 5.73 Å². The first-order valence-electron chi connectivity index (χ1n) is 6.97. The number of nitrogens with zero attached hydrogens (tertiary/aromatic N) is 2. The fourth-order valence-electron chi connectivity index (χ4n) is 2.76. The molecule has 1 aromatic carbocycles. The van der Waals surface area contributed by atoms with Gasteiger partial charge in [-0.3, -0.25) is 0 Å². The Morgan fingerprint density at radius 2 is 2.10 bits per heavy atom. The van der Waals surface area contributed by atoms with Crippen LogP contribution in [0.3, 0.4) is 0 Å². The van der Waals surface area contributed by atoms with Crippen LogP contribution in [0.2, 0.25) is 5.02 Å². The molecule has 1 fully saturated rings. The van der Waals surface area contributed by atoms with Crippen molar-refractivity contribution in [3.63, 3.8) is 0 Å².